The first kappa shape index (κ1) is 8.34. The van der Waals surface area contributed by atoms with Gasteiger partial charge in [-0.2, -0.15) is 0 Å². The van der Waals surface area contributed by atoms with Crippen LogP contribution in [0.25, 0.3) is 4.85 Å². The molecule has 0 fully saturated rings. The van der Waals surface area contributed by atoms with Crippen molar-refractivity contribution in [1.29, 1.82) is 0 Å². The van der Waals surface area contributed by atoms with Crippen LogP contribution in [0, 0.1) is 6.57 Å². The summed E-state index contributed by atoms with van der Waals surface area (Å²) >= 11 is 0. The molecule has 1 aromatic heterocycles. The first-order chi connectivity index (χ1) is 5.83. The third-order valence-corrected chi connectivity index (χ3v) is 1.26. The normalized spacial score (nSPS) is 8.92. The van der Waals surface area contributed by atoms with Gasteiger partial charge in [0.05, 0.1) is 12.8 Å². The van der Waals surface area contributed by atoms with Crippen molar-refractivity contribution in [3.8, 4) is 0 Å². The summed E-state index contributed by atoms with van der Waals surface area (Å²) in [4.78, 5) is 13.7. The Morgan fingerprint density at radius 2 is 2.58 bits per heavy atom. The molecule has 0 aliphatic carbocycles. The predicted molar refractivity (Wildman–Crippen MR) is 42.0 cm³/mol. The average molecular weight is 164 g/mol. The highest BCUT2D eigenvalue weighted by atomic mass is 16.3. The van der Waals surface area contributed by atoms with Crippen LogP contribution in [0.1, 0.15) is 5.76 Å². The number of hydrogen-bond acceptors (Lipinski definition) is 2. The number of carbonyl (C=O) groups is 1. The summed E-state index contributed by atoms with van der Waals surface area (Å²) in [5.74, 6) is 0.412. The van der Waals surface area contributed by atoms with Gasteiger partial charge in [-0.25, -0.2) is 6.57 Å². The van der Waals surface area contributed by atoms with Gasteiger partial charge in [0.1, 0.15) is 5.76 Å². The van der Waals surface area contributed by atoms with Crippen molar-refractivity contribution >= 4 is 5.91 Å². The maximum atomic E-state index is 10.8. The molecule has 1 heterocycles. The molecule has 0 radical (unpaired) electrons. The molecular formula is C8H8N2O2. The van der Waals surface area contributed by atoms with Gasteiger partial charge in [0.25, 0.3) is 6.54 Å². The fourth-order valence-corrected chi connectivity index (χ4v) is 0.727. The number of hydrogen-bond donors (Lipinski definition) is 1. The second-order valence-electron chi connectivity index (χ2n) is 2.17. The third-order valence-electron chi connectivity index (χ3n) is 1.26. The molecule has 0 bridgehead atoms. The Kier molecular flexibility index (Phi) is 2.91. The summed E-state index contributed by atoms with van der Waals surface area (Å²) in [5.41, 5.74) is 0. The van der Waals surface area contributed by atoms with Gasteiger partial charge in [-0.15, -0.1) is 0 Å². The highest BCUT2D eigenvalue weighted by Gasteiger charge is 2.03. The van der Waals surface area contributed by atoms with Crippen molar-refractivity contribution in [3.05, 3.63) is 35.6 Å². The molecule has 4 heteroatoms. The molecule has 1 rings (SSSR count). The molecule has 62 valence electrons. The highest BCUT2D eigenvalue weighted by molar-refractivity contribution is 5.79. The van der Waals surface area contributed by atoms with Crippen molar-refractivity contribution in [2.45, 2.75) is 6.54 Å². The van der Waals surface area contributed by atoms with Crippen LogP contribution in [0.15, 0.2) is 22.8 Å². The van der Waals surface area contributed by atoms with Crippen molar-refractivity contribution in [3.63, 3.8) is 0 Å². The van der Waals surface area contributed by atoms with Gasteiger partial charge in [-0.1, -0.05) is 0 Å². The van der Waals surface area contributed by atoms with E-state index in [1.54, 1.807) is 12.1 Å². The molecule has 4 nitrogen and oxygen atoms in total. The minimum atomic E-state index is -0.276. The van der Waals surface area contributed by atoms with Gasteiger partial charge >= 0.3 is 5.91 Å². The Bertz CT molecular complexity index is 285. The summed E-state index contributed by atoms with van der Waals surface area (Å²) in [6, 6.07) is 3.51. The lowest BCUT2D eigenvalue weighted by Crippen LogP contribution is -2.24. The van der Waals surface area contributed by atoms with E-state index in [9.17, 15) is 4.79 Å². The molecule has 1 N–H and O–H groups in total. The van der Waals surface area contributed by atoms with Gasteiger partial charge in [-0.3, -0.25) is 4.79 Å². The summed E-state index contributed by atoms with van der Waals surface area (Å²) in [5, 5.41) is 2.54. The number of nitrogens with zero attached hydrogens (tertiary/aromatic N) is 1. The minimum Gasteiger partial charge on any atom is -0.467 e. The lowest BCUT2D eigenvalue weighted by Gasteiger charge is -1.96. The lowest BCUT2D eigenvalue weighted by atomic mass is 10.4. The SMILES string of the molecule is [C-]#[N+]CC(=O)NCc1ccco1. The zero-order chi connectivity index (χ0) is 8.81. The summed E-state index contributed by atoms with van der Waals surface area (Å²) in [6.07, 6.45) is 1.54. The Morgan fingerprint density at radius 1 is 1.75 bits per heavy atom. The number of rotatable bonds is 3. The average Bonchev–Trinajstić information content (AvgIpc) is 2.53. The topological polar surface area (TPSA) is 46.6 Å². The maximum Gasteiger partial charge on any atom is 0.300 e. The maximum absolute atomic E-state index is 10.8. The molecule has 0 saturated heterocycles. The third kappa shape index (κ3) is 2.46. The minimum absolute atomic E-state index is 0.124. The van der Waals surface area contributed by atoms with E-state index >= 15 is 0 Å². The monoisotopic (exact) mass is 164 g/mol. The van der Waals surface area contributed by atoms with E-state index in [4.69, 9.17) is 11.0 Å². The van der Waals surface area contributed by atoms with E-state index in [0.29, 0.717) is 12.3 Å². The largest absolute Gasteiger partial charge is 0.467 e. The zero-order valence-electron chi connectivity index (χ0n) is 6.41. The van der Waals surface area contributed by atoms with E-state index in [1.807, 2.05) is 0 Å². The van der Waals surface area contributed by atoms with Crippen LogP contribution in [-0.4, -0.2) is 12.5 Å². The van der Waals surface area contributed by atoms with E-state index < -0.39 is 0 Å². The van der Waals surface area contributed by atoms with Crippen LogP contribution >= 0.6 is 0 Å². The van der Waals surface area contributed by atoms with Crippen molar-refractivity contribution in [2.24, 2.45) is 0 Å². The predicted octanol–water partition coefficient (Wildman–Crippen LogP) is 0.815. The zero-order valence-corrected chi connectivity index (χ0v) is 6.41. The molecule has 0 spiro atoms. The first-order valence-corrected chi connectivity index (χ1v) is 3.45. The van der Waals surface area contributed by atoms with Crippen LogP contribution in [-0.2, 0) is 11.3 Å². The lowest BCUT2D eigenvalue weighted by molar-refractivity contribution is -0.119. The number of amides is 1. The first-order valence-electron chi connectivity index (χ1n) is 3.45. The molecular weight excluding hydrogens is 156 g/mol. The van der Waals surface area contributed by atoms with Crippen molar-refractivity contribution in [2.75, 3.05) is 6.54 Å². The second kappa shape index (κ2) is 4.19. The summed E-state index contributed by atoms with van der Waals surface area (Å²) in [7, 11) is 0. The Labute approximate surface area is 70.0 Å². The van der Waals surface area contributed by atoms with Gasteiger partial charge in [-0.05, 0) is 12.1 Å². The van der Waals surface area contributed by atoms with Crippen molar-refractivity contribution in [1.82, 2.24) is 5.32 Å². The van der Waals surface area contributed by atoms with E-state index in [-0.39, 0.29) is 12.5 Å². The number of carbonyl (C=O) groups excluding carboxylic acids is 1. The van der Waals surface area contributed by atoms with E-state index in [2.05, 4.69) is 10.2 Å². The molecule has 1 aromatic rings. The molecule has 0 unspecified atom stereocenters. The van der Waals surface area contributed by atoms with Crippen LogP contribution in [0.2, 0.25) is 0 Å². The Hall–Kier alpha value is -1.76. The van der Waals surface area contributed by atoms with Gasteiger partial charge < -0.3 is 14.6 Å². The highest BCUT2D eigenvalue weighted by Crippen LogP contribution is 1.97. The quantitative estimate of drug-likeness (QED) is 0.672. The van der Waals surface area contributed by atoms with Crippen molar-refractivity contribution < 1.29 is 9.21 Å². The fraction of sp³-hybridized carbons (Fsp3) is 0.250. The van der Waals surface area contributed by atoms with Gasteiger partial charge in [0, 0.05) is 0 Å². The summed E-state index contributed by atoms with van der Waals surface area (Å²) < 4.78 is 4.97. The molecule has 0 aliphatic heterocycles. The molecule has 0 saturated carbocycles. The second-order valence-corrected chi connectivity index (χ2v) is 2.17. The van der Waals surface area contributed by atoms with E-state index in [1.165, 1.54) is 6.26 Å². The smallest absolute Gasteiger partial charge is 0.300 e. The summed E-state index contributed by atoms with van der Waals surface area (Å²) in [6.45, 7) is 6.65. The molecule has 0 atom stereocenters. The Morgan fingerprint density at radius 3 is 3.17 bits per heavy atom. The fourth-order valence-electron chi connectivity index (χ4n) is 0.727. The van der Waals surface area contributed by atoms with E-state index in [0.717, 1.165) is 0 Å². The van der Waals surface area contributed by atoms with Crippen LogP contribution in [0.3, 0.4) is 0 Å². The standard InChI is InChI=1S/C8H8N2O2/c1-9-6-8(11)10-5-7-3-2-4-12-7/h2-4H,5-6H2,(H,10,11). The molecule has 0 aliphatic rings. The van der Waals surface area contributed by atoms with Crippen LogP contribution < -0.4 is 5.32 Å². The Balaban J connectivity index is 2.28. The van der Waals surface area contributed by atoms with Crippen LogP contribution in [0.5, 0.6) is 0 Å². The number of nitrogens with one attached hydrogen (secondary N) is 1. The molecule has 1 amide bonds. The number of furan rings is 1. The van der Waals surface area contributed by atoms with Gasteiger partial charge in [0.2, 0.25) is 0 Å². The molecule has 0 aromatic carbocycles. The molecule has 12 heavy (non-hydrogen) atoms. The van der Waals surface area contributed by atoms with Crippen LogP contribution in [0.4, 0.5) is 0 Å². The van der Waals surface area contributed by atoms with Gasteiger partial charge in [0.15, 0.2) is 0 Å².